The summed E-state index contributed by atoms with van der Waals surface area (Å²) >= 11 is 0. The molecular formula is C18H21ClN2O5. The molecule has 1 aliphatic heterocycles. The molecule has 0 aromatic heterocycles. The SMILES string of the molecule is COCC(N)C(=O)Nc1cccc(COc2ccc3c(c2)OCO3)c1.Cl. The molecule has 3 rings (SSSR count). The Bertz CT molecular complexity index is 756. The van der Waals surface area contributed by atoms with Crippen molar-refractivity contribution in [2.45, 2.75) is 12.6 Å². The van der Waals surface area contributed by atoms with E-state index in [-0.39, 0.29) is 31.7 Å². The van der Waals surface area contributed by atoms with Gasteiger partial charge in [0.2, 0.25) is 12.7 Å². The lowest BCUT2D eigenvalue weighted by atomic mass is 10.2. The number of methoxy groups -OCH3 is 1. The summed E-state index contributed by atoms with van der Waals surface area (Å²) in [6.07, 6.45) is 0. The van der Waals surface area contributed by atoms with Gasteiger partial charge in [-0.1, -0.05) is 12.1 Å². The fourth-order valence-corrected chi connectivity index (χ4v) is 2.36. The third kappa shape index (κ3) is 5.01. The monoisotopic (exact) mass is 380 g/mol. The maximum absolute atomic E-state index is 11.9. The Morgan fingerprint density at radius 1 is 1.23 bits per heavy atom. The molecule has 0 radical (unpaired) electrons. The van der Waals surface area contributed by atoms with Crippen molar-refractivity contribution in [3.8, 4) is 17.2 Å². The van der Waals surface area contributed by atoms with Crippen LogP contribution in [0.4, 0.5) is 5.69 Å². The first-order chi connectivity index (χ1) is 12.2. The van der Waals surface area contributed by atoms with Gasteiger partial charge in [0.15, 0.2) is 11.5 Å². The Morgan fingerprint density at radius 2 is 2.04 bits per heavy atom. The molecule has 26 heavy (non-hydrogen) atoms. The first-order valence-electron chi connectivity index (χ1n) is 7.82. The topological polar surface area (TPSA) is 92.0 Å². The number of nitrogens with one attached hydrogen (secondary N) is 1. The lowest BCUT2D eigenvalue weighted by molar-refractivity contribution is -0.118. The Kier molecular flexibility index (Phi) is 7.08. The number of fused-ring (bicyclic) bond motifs is 1. The van der Waals surface area contributed by atoms with Gasteiger partial charge in [0.25, 0.3) is 0 Å². The van der Waals surface area contributed by atoms with Crippen molar-refractivity contribution in [2.75, 3.05) is 25.8 Å². The van der Waals surface area contributed by atoms with E-state index in [2.05, 4.69) is 5.32 Å². The van der Waals surface area contributed by atoms with E-state index in [0.29, 0.717) is 29.5 Å². The minimum Gasteiger partial charge on any atom is -0.489 e. The molecule has 7 nitrogen and oxygen atoms in total. The van der Waals surface area contributed by atoms with Crippen LogP contribution in [0.25, 0.3) is 0 Å². The Labute approximate surface area is 157 Å². The third-order valence-electron chi connectivity index (χ3n) is 3.63. The summed E-state index contributed by atoms with van der Waals surface area (Å²) in [7, 11) is 1.50. The number of anilines is 1. The van der Waals surface area contributed by atoms with Crippen LogP contribution >= 0.6 is 12.4 Å². The Balaban J connectivity index is 0.00000243. The van der Waals surface area contributed by atoms with Crippen molar-refractivity contribution >= 4 is 24.0 Å². The molecule has 0 saturated heterocycles. The smallest absolute Gasteiger partial charge is 0.243 e. The molecular weight excluding hydrogens is 360 g/mol. The standard InChI is InChI=1S/C18H20N2O5.ClH/c1-22-10-15(19)18(21)20-13-4-2-3-12(7-13)9-23-14-5-6-16-17(8-14)25-11-24-16;/h2-8,15H,9-11,19H2,1H3,(H,20,21);1H. The van der Waals surface area contributed by atoms with E-state index < -0.39 is 6.04 Å². The molecule has 140 valence electrons. The molecule has 8 heteroatoms. The molecule has 2 aromatic carbocycles. The number of carbonyl (C=O) groups is 1. The van der Waals surface area contributed by atoms with Gasteiger partial charge in [-0.25, -0.2) is 0 Å². The van der Waals surface area contributed by atoms with Crippen molar-refractivity contribution in [1.82, 2.24) is 0 Å². The summed E-state index contributed by atoms with van der Waals surface area (Å²) in [5.74, 6) is 1.77. The maximum Gasteiger partial charge on any atom is 0.243 e. The zero-order valence-electron chi connectivity index (χ0n) is 14.3. The van der Waals surface area contributed by atoms with Crippen LogP contribution in [0.5, 0.6) is 17.2 Å². The van der Waals surface area contributed by atoms with Gasteiger partial charge in [0.1, 0.15) is 18.4 Å². The molecule has 0 bridgehead atoms. The van der Waals surface area contributed by atoms with Crippen molar-refractivity contribution in [3.05, 3.63) is 48.0 Å². The largest absolute Gasteiger partial charge is 0.489 e. The Hall–Kier alpha value is -2.48. The van der Waals surface area contributed by atoms with Crippen LogP contribution in [-0.4, -0.2) is 32.5 Å². The van der Waals surface area contributed by atoms with E-state index in [1.807, 2.05) is 30.3 Å². The quantitative estimate of drug-likeness (QED) is 0.766. The summed E-state index contributed by atoms with van der Waals surface area (Å²) in [6, 6.07) is 12.1. The molecule has 0 fully saturated rings. The minimum absolute atomic E-state index is 0. The first kappa shape index (κ1) is 19.8. The summed E-state index contributed by atoms with van der Waals surface area (Å²) in [5.41, 5.74) is 7.28. The number of hydrogen-bond donors (Lipinski definition) is 2. The second-order valence-electron chi connectivity index (χ2n) is 5.56. The second kappa shape index (κ2) is 9.28. The summed E-state index contributed by atoms with van der Waals surface area (Å²) in [5, 5.41) is 2.76. The fourth-order valence-electron chi connectivity index (χ4n) is 2.36. The van der Waals surface area contributed by atoms with E-state index in [4.69, 9.17) is 24.7 Å². The molecule has 0 aliphatic carbocycles. The highest BCUT2D eigenvalue weighted by Gasteiger charge is 2.14. The molecule has 1 atom stereocenters. The molecule has 0 saturated carbocycles. The van der Waals surface area contributed by atoms with Crippen LogP contribution in [-0.2, 0) is 16.1 Å². The number of amides is 1. The average Bonchev–Trinajstić information content (AvgIpc) is 3.08. The summed E-state index contributed by atoms with van der Waals surface area (Å²) in [6.45, 7) is 0.748. The van der Waals surface area contributed by atoms with Crippen molar-refractivity contribution in [1.29, 1.82) is 0 Å². The van der Waals surface area contributed by atoms with Crippen LogP contribution < -0.4 is 25.3 Å². The van der Waals surface area contributed by atoms with Crippen molar-refractivity contribution in [3.63, 3.8) is 0 Å². The van der Waals surface area contributed by atoms with Gasteiger partial charge < -0.3 is 30.0 Å². The Morgan fingerprint density at radius 3 is 2.85 bits per heavy atom. The number of hydrogen-bond acceptors (Lipinski definition) is 6. The third-order valence-corrected chi connectivity index (χ3v) is 3.63. The van der Waals surface area contributed by atoms with Crippen LogP contribution in [0, 0.1) is 0 Å². The summed E-state index contributed by atoms with van der Waals surface area (Å²) in [4.78, 5) is 11.9. The van der Waals surface area contributed by atoms with Crippen LogP contribution in [0.1, 0.15) is 5.56 Å². The van der Waals surface area contributed by atoms with Gasteiger partial charge in [-0.2, -0.15) is 0 Å². The highest BCUT2D eigenvalue weighted by atomic mass is 35.5. The second-order valence-corrected chi connectivity index (χ2v) is 5.56. The first-order valence-corrected chi connectivity index (χ1v) is 7.82. The van der Waals surface area contributed by atoms with E-state index >= 15 is 0 Å². The van der Waals surface area contributed by atoms with Crippen LogP contribution in [0.2, 0.25) is 0 Å². The maximum atomic E-state index is 11.9. The zero-order chi connectivity index (χ0) is 17.6. The lowest BCUT2D eigenvalue weighted by Crippen LogP contribution is -2.39. The van der Waals surface area contributed by atoms with Gasteiger partial charge in [0.05, 0.1) is 6.61 Å². The lowest BCUT2D eigenvalue weighted by Gasteiger charge is -2.12. The van der Waals surface area contributed by atoms with E-state index in [0.717, 1.165) is 5.56 Å². The minimum atomic E-state index is -0.710. The van der Waals surface area contributed by atoms with E-state index in [1.54, 1.807) is 12.1 Å². The molecule has 2 aromatic rings. The zero-order valence-corrected chi connectivity index (χ0v) is 15.1. The number of rotatable bonds is 7. The number of halogens is 1. The molecule has 1 unspecified atom stereocenters. The summed E-state index contributed by atoms with van der Waals surface area (Å²) < 4.78 is 21.2. The predicted molar refractivity (Wildman–Crippen MR) is 99.1 cm³/mol. The van der Waals surface area contributed by atoms with Crippen LogP contribution in [0.3, 0.4) is 0 Å². The average molecular weight is 381 g/mol. The van der Waals surface area contributed by atoms with Gasteiger partial charge in [-0.05, 0) is 29.8 Å². The van der Waals surface area contributed by atoms with Crippen LogP contribution in [0.15, 0.2) is 42.5 Å². The molecule has 1 aliphatic rings. The fraction of sp³-hybridized carbons (Fsp3) is 0.278. The van der Waals surface area contributed by atoms with Crippen molar-refractivity contribution in [2.24, 2.45) is 5.73 Å². The van der Waals surface area contributed by atoms with E-state index in [1.165, 1.54) is 7.11 Å². The highest BCUT2D eigenvalue weighted by Crippen LogP contribution is 2.35. The predicted octanol–water partition coefficient (Wildman–Crippen LogP) is 2.33. The number of carbonyl (C=O) groups excluding carboxylic acids is 1. The molecule has 1 amide bonds. The van der Waals surface area contributed by atoms with Crippen molar-refractivity contribution < 1.29 is 23.7 Å². The number of benzene rings is 2. The molecule has 3 N–H and O–H groups in total. The normalized spacial score (nSPS) is 12.8. The van der Waals surface area contributed by atoms with Gasteiger partial charge >= 0.3 is 0 Å². The molecule has 0 spiro atoms. The molecule has 1 heterocycles. The highest BCUT2D eigenvalue weighted by molar-refractivity contribution is 5.94. The van der Waals surface area contributed by atoms with Gasteiger partial charge in [-0.3, -0.25) is 4.79 Å². The number of nitrogens with two attached hydrogens (primary N) is 1. The number of ether oxygens (including phenoxy) is 4. The van der Waals surface area contributed by atoms with Gasteiger partial charge in [0, 0.05) is 18.9 Å². The van der Waals surface area contributed by atoms with E-state index in [9.17, 15) is 4.79 Å². The van der Waals surface area contributed by atoms with Gasteiger partial charge in [-0.15, -0.1) is 12.4 Å².